The molecule has 1 saturated heterocycles. The van der Waals surface area contributed by atoms with Gasteiger partial charge in [-0.05, 0) is 0 Å². The van der Waals surface area contributed by atoms with Crippen LogP contribution in [0.5, 0.6) is 0 Å². The second-order valence-electron chi connectivity index (χ2n) is 6.00. The lowest BCUT2D eigenvalue weighted by molar-refractivity contribution is -0.148. The number of nitrogens with two attached hydrogens (primary N) is 1. The van der Waals surface area contributed by atoms with Crippen molar-refractivity contribution in [1.82, 2.24) is 19.6 Å². The second-order valence-corrected chi connectivity index (χ2v) is 7.88. The Balaban J connectivity index is 1.77. The van der Waals surface area contributed by atoms with Gasteiger partial charge in [-0.3, -0.25) is 19.3 Å². The number of nitrogens with zero attached hydrogens (tertiary/aromatic N) is 4. The zero-order valence-electron chi connectivity index (χ0n) is 16.1. The molecule has 1 aromatic heterocycles. The molecule has 0 bridgehead atoms. The van der Waals surface area contributed by atoms with Crippen LogP contribution >= 0.6 is 23.3 Å². The molecule has 0 spiro atoms. The zero-order valence-corrected chi connectivity index (χ0v) is 17.7. The fourth-order valence-corrected chi connectivity index (χ4v) is 4.45. The fourth-order valence-electron chi connectivity index (χ4n) is 2.71. The van der Waals surface area contributed by atoms with E-state index in [0.29, 0.717) is 5.57 Å². The largest absolute Gasteiger partial charge is 0.512 e. The molecule has 2 atom stereocenters. The van der Waals surface area contributed by atoms with Crippen LogP contribution in [-0.2, 0) is 28.7 Å². The Morgan fingerprint density at radius 1 is 1.42 bits per heavy atom. The molecule has 0 unspecified atom stereocenters. The first kappa shape index (κ1) is 22.3. The van der Waals surface area contributed by atoms with E-state index in [1.807, 2.05) is 0 Å². The number of amides is 2. The van der Waals surface area contributed by atoms with Crippen LogP contribution in [0, 0.1) is 0 Å². The average Bonchev–Trinajstić information content (AvgIpc) is 3.13. The Morgan fingerprint density at radius 2 is 2.16 bits per heavy atom. The minimum Gasteiger partial charge on any atom is -0.461 e. The SMILES string of the molecule is CO/N=C(\C(=O)N[C@@H]1C(=O)N2C(OC(=O)O)=C(COC(C)=O)CS[C@@H]12)c1nsc(N)n1. The molecule has 0 aliphatic carbocycles. The number of hydrogen-bond acceptors (Lipinski definition) is 13. The summed E-state index contributed by atoms with van der Waals surface area (Å²) < 4.78 is 13.5. The predicted molar refractivity (Wildman–Crippen MR) is 106 cm³/mol. The number of esters is 1. The molecule has 0 radical (unpaired) electrons. The molecule has 14 nitrogen and oxygen atoms in total. The Labute approximate surface area is 182 Å². The number of oxime groups is 1. The van der Waals surface area contributed by atoms with Gasteiger partial charge in [0.2, 0.25) is 17.4 Å². The van der Waals surface area contributed by atoms with Gasteiger partial charge >= 0.3 is 12.1 Å². The molecule has 1 aromatic rings. The molecule has 0 saturated carbocycles. The first-order valence-electron chi connectivity index (χ1n) is 8.45. The van der Waals surface area contributed by atoms with Crippen LogP contribution in [0.25, 0.3) is 0 Å². The van der Waals surface area contributed by atoms with Gasteiger partial charge in [0.1, 0.15) is 25.1 Å². The fraction of sp³-hybridized carbons (Fsp3) is 0.400. The molecule has 2 amide bonds. The van der Waals surface area contributed by atoms with Crippen molar-refractivity contribution in [3.05, 3.63) is 17.3 Å². The van der Waals surface area contributed by atoms with Gasteiger partial charge in [-0.25, -0.2) is 4.79 Å². The maximum absolute atomic E-state index is 12.7. The summed E-state index contributed by atoms with van der Waals surface area (Å²) in [6, 6.07) is -1.00. The van der Waals surface area contributed by atoms with Gasteiger partial charge in [-0.2, -0.15) is 9.36 Å². The van der Waals surface area contributed by atoms with Gasteiger partial charge in [-0.15, -0.1) is 11.8 Å². The van der Waals surface area contributed by atoms with E-state index >= 15 is 0 Å². The molecular weight excluding hydrogens is 456 g/mol. The first-order valence-corrected chi connectivity index (χ1v) is 10.3. The highest BCUT2D eigenvalue weighted by atomic mass is 32.2. The molecule has 2 aliphatic heterocycles. The number of nitrogens with one attached hydrogen (secondary N) is 1. The van der Waals surface area contributed by atoms with Crippen LogP contribution in [0.3, 0.4) is 0 Å². The van der Waals surface area contributed by atoms with E-state index < -0.39 is 35.4 Å². The van der Waals surface area contributed by atoms with E-state index in [-0.39, 0.29) is 34.9 Å². The standard InChI is InChI=1S/C15H16N6O8S2/c1-5(22)28-3-6-4-30-13-8(11(24)21(13)12(6)29-15(25)26)17-10(23)7(19-27-2)9-18-14(16)31-20-9/h8,13H,3-4H2,1-2H3,(H,17,23)(H,25,26)(H2,16,18,20)/b19-7-/t8-,13+/m1/s1. The normalized spacial score (nSPS) is 20.5. The molecule has 166 valence electrons. The Morgan fingerprint density at radius 3 is 2.74 bits per heavy atom. The lowest BCUT2D eigenvalue weighted by Crippen LogP contribution is -2.70. The number of carbonyl (C=O) groups is 4. The van der Waals surface area contributed by atoms with E-state index in [4.69, 9.17) is 20.3 Å². The quantitative estimate of drug-likeness (QED) is 0.196. The molecule has 16 heteroatoms. The molecule has 3 rings (SSSR count). The first-order chi connectivity index (χ1) is 14.7. The zero-order chi connectivity index (χ0) is 22.7. The number of ether oxygens (including phenoxy) is 2. The smallest absolute Gasteiger partial charge is 0.461 e. The maximum Gasteiger partial charge on any atom is 0.512 e. The summed E-state index contributed by atoms with van der Waals surface area (Å²) in [5.74, 6) is -2.08. The van der Waals surface area contributed by atoms with Crippen molar-refractivity contribution in [2.75, 3.05) is 25.2 Å². The number of rotatable bonds is 7. The summed E-state index contributed by atoms with van der Waals surface area (Å²) in [5.41, 5.74) is 5.55. The van der Waals surface area contributed by atoms with Crippen LogP contribution < -0.4 is 11.1 Å². The Bertz CT molecular complexity index is 992. The average molecular weight is 472 g/mol. The van der Waals surface area contributed by atoms with Gasteiger partial charge < -0.3 is 30.5 Å². The summed E-state index contributed by atoms with van der Waals surface area (Å²) in [7, 11) is 1.22. The van der Waals surface area contributed by atoms with Crippen LogP contribution in [0.2, 0.25) is 0 Å². The highest BCUT2D eigenvalue weighted by Gasteiger charge is 2.54. The van der Waals surface area contributed by atoms with Crippen LogP contribution in [-0.4, -0.2) is 79.9 Å². The minimum absolute atomic E-state index is 0.0692. The summed E-state index contributed by atoms with van der Waals surface area (Å²) in [5, 5.41) is 14.6. The lowest BCUT2D eigenvalue weighted by Gasteiger charge is -2.49. The van der Waals surface area contributed by atoms with Crippen molar-refractivity contribution < 1.29 is 38.6 Å². The monoisotopic (exact) mass is 472 g/mol. The third-order valence-corrected chi connectivity index (χ3v) is 5.85. The van der Waals surface area contributed by atoms with E-state index in [1.54, 1.807) is 0 Å². The number of aromatic nitrogens is 2. The van der Waals surface area contributed by atoms with E-state index in [2.05, 4.69) is 24.7 Å². The van der Waals surface area contributed by atoms with Crippen molar-refractivity contribution in [3.8, 4) is 0 Å². The summed E-state index contributed by atoms with van der Waals surface area (Å²) >= 11 is 2.08. The molecule has 4 N–H and O–H groups in total. The number of β-lactam (4-membered cyclic amide) rings is 1. The van der Waals surface area contributed by atoms with E-state index in [1.165, 1.54) is 25.8 Å². The number of nitrogen functional groups attached to an aromatic ring is 1. The number of hydrogen-bond donors (Lipinski definition) is 3. The van der Waals surface area contributed by atoms with Crippen molar-refractivity contribution in [2.45, 2.75) is 18.3 Å². The van der Waals surface area contributed by atoms with Crippen LogP contribution in [0.4, 0.5) is 9.93 Å². The molecule has 0 aromatic carbocycles. The predicted octanol–water partition coefficient (Wildman–Crippen LogP) is -0.660. The van der Waals surface area contributed by atoms with Crippen LogP contribution in [0.1, 0.15) is 12.7 Å². The van der Waals surface area contributed by atoms with Gasteiger partial charge in [0.25, 0.3) is 11.8 Å². The summed E-state index contributed by atoms with van der Waals surface area (Å²) in [6.07, 6.45) is -1.64. The number of thioether (sulfide) groups is 1. The third kappa shape index (κ3) is 4.69. The van der Waals surface area contributed by atoms with Crippen molar-refractivity contribution in [1.29, 1.82) is 0 Å². The number of anilines is 1. The van der Waals surface area contributed by atoms with Crippen molar-refractivity contribution in [3.63, 3.8) is 0 Å². The Hall–Kier alpha value is -3.40. The van der Waals surface area contributed by atoms with Gasteiger partial charge in [0.05, 0.1) is 0 Å². The maximum atomic E-state index is 12.7. The van der Waals surface area contributed by atoms with Gasteiger partial charge in [0, 0.05) is 29.8 Å². The molecule has 1 fully saturated rings. The van der Waals surface area contributed by atoms with Crippen molar-refractivity contribution >= 4 is 58.1 Å². The highest BCUT2D eigenvalue weighted by Crippen LogP contribution is 2.40. The number of carbonyl (C=O) groups excluding carboxylic acids is 3. The molecular formula is C15H16N6O8S2. The highest BCUT2D eigenvalue weighted by molar-refractivity contribution is 8.00. The minimum atomic E-state index is -1.64. The van der Waals surface area contributed by atoms with E-state index in [0.717, 1.165) is 16.4 Å². The van der Waals surface area contributed by atoms with Gasteiger partial charge in [0.15, 0.2) is 5.13 Å². The Kier molecular flexibility index (Phi) is 6.59. The van der Waals surface area contributed by atoms with Gasteiger partial charge in [-0.1, -0.05) is 5.16 Å². The lowest BCUT2D eigenvalue weighted by atomic mass is 10.1. The molecule has 31 heavy (non-hydrogen) atoms. The molecule has 2 aliphatic rings. The topological polar surface area (TPSA) is 196 Å². The van der Waals surface area contributed by atoms with E-state index in [9.17, 15) is 19.2 Å². The number of fused-ring (bicyclic) bond motifs is 1. The summed E-state index contributed by atoms with van der Waals surface area (Å²) in [4.78, 5) is 57.1. The number of carboxylic acid groups (broad SMARTS) is 1. The molecule has 3 heterocycles. The third-order valence-electron chi connectivity index (χ3n) is 3.96. The van der Waals surface area contributed by atoms with Crippen LogP contribution in [0.15, 0.2) is 16.6 Å². The van der Waals surface area contributed by atoms with Crippen molar-refractivity contribution in [2.24, 2.45) is 5.16 Å². The summed E-state index contributed by atoms with van der Waals surface area (Å²) in [6.45, 7) is 0.960. The second kappa shape index (κ2) is 9.17.